The molecule has 0 amide bonds. The molecule has 0 spiro atoms. The maximum absolute atomic E-state index is 6.66. The third-order valence-electron chi connectivity index (χ3n) is 11.3. The number of para-hydroxylation sites is 6. The monoisotopic (exact) mass is 814 g/mol. The molecule has 0 bridgehead atoms. The Morgan fingerprint density at radius 2 is 0.982 bits per heavy atom. The largest absolute Gasteiger partial charge is 2.00 e. The standard InChI is InChI=1S/C50H36N4O.Pd/c1-29(2)33-14-11-15-34(30(3)4)47(33)39-17-12-16-38-36-26-24-32(28-41(36)50-52-43-19-7-10-22-46(43)54(50)48(38)39)55-31-23-25-35-37-13-5-8-20-44(37)53-45-21-9-6-18-42(45)51-49(53)40(35)27-31;/h5-26,29-30H,1-4H3;/q-2;+2. The number of hydrogen-bond acceptors (Lipinski definition) is 3. The molecule has 0 saturated heterocycles. The third kappa shape index (κ3) is 5.03. The summed E-state index contributed by atoms with van der Waals surface area (Å²) < 4.78 is 11.2. The second-order valence-electron chi connectivity index (χ2n) is 15.2. The summed E-state index contributed by atoms with van der Waals surface area (Å²) in [4.78, 5) is 10.4. The quantitative estimate of drug-likeness (QED) is 0.0987. The Bertz CT molecular complexity index is 3350. The molecule has 4 aromatic heterocycles. The van der Waals surface area contributed by atoms with Crippen molar-refractivity contribution in [1.82, 2.24) is 18.8 Å². The van der Waals surface area contributed by atoms with Gasteiger partial charge in [0, 0.05) is 28.1 Å². The molecule has 0 aliphatic heterocycles. The van der Waals surface area contributed by atoms with E-state index >= 15 is 0 Å². The summed E-state index contributed by atoms with van der Waals surface area (Å²) in [6.45, 7) is 9.16. The van der Waals surface area contributed by atoms with Gasteiger partial charge in [-0.25, -0.2) is 0 Å². The Morgan fingerprint density at radius 3 is 1.61 bits per heavy atom. The van der Waals surface area contributed by atoms with E-state index in [2.05, 4.69) is 164 Å². The first-order valence-corrected chi connectivity index (χ1v) is 19.1. The predicted molar refractivity (Wildman–Crippen MR) is 227 cm³/mol. The first kappa shape index (κ1) is 34.4. The Hall–Kier alpha value is -6.06. The maximum atomic E-state index is 6.66. The number of imidazole rings is 2. The van der Waals surface area contributed by atoms with Gasteiger partial charge >= 0.3 is 20.4 Å². The van der Waals surface area contributed by atoms with Gasteiger partial charge in [-0.1, -0.05) is 152 Å². The molecule has 56 heavy (non-hydrogen) atoms. The normalized spacial score (nSPS) is 12.1. The van der Waals surface area contributed by atoms with Gasteiger partial charge in [0.2, 0.25) is 0 Å². The van der Waals surface area contributed by atoms with Gasteiger partial charge in [0.15, 0.2) is 0 Å². The molecule has 6 heteroatoms. The van der Waals surface area contributed by atoms with E-state index in [0.29, 0.717) is 23.3 Å². The molecule has 4 heterocycles. The molecule has 11 aromatic rings. The summed E-state index contributed by atoms with van der Waals surface area (Å²) in [6, 6.07) is 54.3. The van der Waals surface area contributed by atoms with E-state index in [-0.39, 0.29) is 20.4 Å². The van der Waals surface area contributed by atoms with Crippen LogP contribution in [-0.4, -0.2) is 18.8 Å². The molecule has 0 aliphatic rings. The average molecular weight is 815 g/mol. The molecule has 7 aromatic carbocycles. The molecule has 0 atom stereocenters. The van der Waals surface area contributed by atoms with Crippen LogP contribution in [0.1, 0.15) is 50.7 Å². The zero-order chi connectivity index (χ0) is 36.9. The molecule has 5 nitrogen and oxygen atoms in total. The van der Waals surface area contributed by atoms with Crippen LogP contribution in [-0.2, 0) is 20.4 Å². The average Bonchev–Trinajstić information content (AvgIpc) is 3.80. The van der Waals surface area contributed by atoms with E-state index in [1.54, 1.807) is 0 Å². The van der Waals surface area contributed by atoms with Crippen LogP contribution in [0.5, 0.6) is 11.5 Å². The van der Waals surface area contributed by atoms with Crippen LogP contribution in [0.25, 0.3) is 87.8 Å². The van der Waals surface area contributed by atoms with Crippen molar-refractivity contribution in [1.29, 1.82) is 0 Å². The van der Waals surface area contributed by atoms with Crippen LogP contribution in [0.4, 0.5) is 0 Å². The molecule has 0 aliphatic carbocycles. The Kier molecular flexibility index (Phi) is 8.01. The van der Waals surface area contributed by atoms with Crippen molar-refractivity contribution >= 4 is 76.7 Å². The molecule has 0 fully saturated rings. The first-order chi connectivity index (χ1) is 26.9. The number of nitrogens with zero attached hydrogens (tertiary/aromatic N) is 4. The van der Waals surface area contributed by atoms with Gasteiger partial charge in [-0.2, -0.15) is 0 Å². The van der Waals surface area contributed by atoms with Crippen molar-refractivity contribution in [2.45, 2.75) is 39.5 Å². The first-order valence-electron chi connectivity index (χ1n) is 19.1. The van der Waals surface area contributed by atoms with E-state index < -0.39 is 0 Å². The van der Waals surface area contributed by atoms with Gasteiger partial charge in [-0.15, -0.1) is 12.1 Å². The van der Waals surface area contributed by atoms with Crippen LogP contribution in [0, 0.1) is 12.1 Å². The Labute approximate surface area is 337 Å². The molecular weight excluding hydrogens is 779 g/mol. The zero-order valence-corrected chi connectivity index (χ0v) is 32.9. The van der Waals surface area contributed by atoms with Crippen LogP contribution in [0.3, 0.4) is 0 Å². The van der Waals surface area contributed by atoms with Crippen molar-refractivity contribution in [2.75, 3.05) is 0 Å². The fourth-order valence-corrected chi connectivity index (χ4v) is 8.81. The van der Waals surface area contributed by atoms with Gasteiger partial charge in [0.25, 0.3) is 0 Å². The number of aromatic nitrogens is 4. The molecule has 11 rings (SSSR count). The number of pyridine rings is 2. The van der Waals surface area contributed by atoms with E-state index in [0.717, 1.165) is 76.7 Å². The van der Waals surface area contributed by atoms with E-state index in [4.69, 9.17) is 14.7 Å². The molecule has 0 saturated carbocycles. The molecule has 0 unspecified atom stereocenters. The minimum absolute atomic E-state index is 0. The summed E-state index contributed by atoms with van der Waals surface area (Å²) in [7, 11) is 0. The molecule has 272 valence electrons. The van der Waals surface area contributed by atoms with Crippen LogP contribution in [0.2, 0.25) is 0 Å². The topological polar surface area (TPSA) is 43.8 Å². The van der Waals surface area contributed by atoms with Gasteiger partial charge in [0.05, 0.1) is 33.4 Å². The predicted octanol–water partition coefficient (Wildman–Crippen LogP) is 13.2. The summed E-state index contributed by atoms with van der Waals surface area (Å²) in [5, 5.41) is 6.28. The van der Waals surface area contributed by atoms with E-state index in [9.17, 15) is 0 Å². The second-order valence-corrected chi connectivity index (χ2v) is 15.2. The third-order valence-corrected chi connectivity index (χ3v) is 11.3. The smallest absolute Gasteiger partial charge is 0.497 e. The fourth-order valence-electron chi connectivity index (χ4n) is 8.81. The summed E-state index contributed by atoms with van der Waals surface area (Å²) in [5.74, 6) is 1.93. The second kappa shape index (κ2) is 13.0. The summed E-state index contributed by atoms with van der Waals surface area (Å²) in [5.41, 5.74) is 13.3. The summed E-state index contributed by atoms with van der Waals surface area (Å²) in [6.07, 6.45) is 0. The summed E-state index contributed by atoms with van der Waals surface area (Å²) >= 11 is 0. The van der Waals surface area contributed by atoms with Gasteiger partial charge in [-0.3, -0.25) is 9.97 Å². The fraction of sp³-hybridized carbons (Fsp3) is 0.120. The maximum Gasteiger partial charge on any atom is 2.00 e. The number of ether oxygens (including phenoxy) is 1. The van der Waals surface area contributed by atoms with Gasteiger partial charge in [0.1, 0.15) is 0 Å². The van der Waals surface area contributed by atoms with Gasteiger partial charge in [-0.05, 0) is 69.6 Å². The molecule has 0 radical (unpaired) electrons. The molecule has 0 N–H and O–H groups in total. The SMILES string of the molecule is CC(C)c1cccc(C(C)C)c1-c1cccc2c3ccc(Oc4[c-]c5c(cc4)c4ccccc4n4c6ccccc6nc54)[c-]c3c3nc4ccccc4n3c12.[Pd+2]. The minimum atomic E-state index is 0. The van der Waals surface area contributed by atoms with Crippen LogP contribution in [0.15, 0.2) is 133 Å². The van der Waals surface area contributed by atoms with Crippen molar-refractivity contribution in [2.24, 2.45) is 0 Å². The Morgan fingerprint density at radius 1 is 0.482 bits per heavy atom. The number of hydrogen-bond donors (Lipinski definition) is 0. The number of rotatable bonds is 5. The van der Waals surface area contributed by atoms with Crippen molar-refractivity contribution < 1.29 is 25.2 Å². The van der Waals surface area contributed by atoms with Crippen LogP contribution >= 0.6 is 0 Å². The zero-order valence-electron chi connectivity index (χ0n) is 31.4. The van der Waals surface area contributed by atoms with Crippen molar-refractivity contribution in [3.63, 3.8) is 0 Å². The van der Waals surface area contributed by atoms with Crippen LogP contribution < -0.4 is 4.74 Å². The van der Waals surface area contributed by atoms with E-state index in [1.807, 2.05) is 18.2 Å². The molecular formula is C50H36N4OPd. The van der Waals surface area contributed by atoms with Gasteiger partial charge < -0.3 is 13.5 Å². The van der Waals surface area contributed by atoms with Crippen molar-refractivity contribution in [3.8, 4) is 22.6 Å². The number of fused-ring (bicyclic) bond motifs is 16. The minimum Gasteiger partial charge on any atom is -0.497 e. The van der Waals surface area contributed by atoms with E-state index in [1.165, 1.54) is 22.3 Å². The Balaban J connectivity index is 0.00000384. The van der Waals surface area contributed by atoms with Crippen molar-refractivity contribution in [3.05, 3.63) is 157 Å². The number of benzene rings is 7.